The minimum absolute atomic E-state index is 0.0944. The highest BCUT2D eigenvalue weighted by atomic mass is 16.4. The summed E-state index contributed by atoms with van der Waals surface area (Å²) in [5.41, 5.74) is 2.18. The number of carbonyl (C=O) groups is 1. The standard InChI is InChI=1S/C11H19N3O2/c1-9-7-10(2)14(12-9)6-4-5-13(3)8-11(15)16/h7H,4-6,8H2,1-3H3,(H,15,16). The Kier molecular flexibility index (Phi) is 4.49. The minimum atomic E-state index is -0.784. The number of likely N-dealkylation sites (N-methyl/N-ethyl adjacent to an activating group) is 1. The van der Waals surface area contributed by atoms with Gasteiger partial charge < -0.3 is 5.11 Å². The monoisotopic (exact) mass is 225 g/mol. The van der Waals surface area contributed by atoms with Crippen molar-refractivity contribution in [3.63, 3.8) is 0 Å². The van der Waals surface area contributed by atoms with Crippen molar-refractivity contribution in [2.75, 3.05) is 20.1 Å². The van der Waals surface area contributed by atoms with Gasteiger partial charge in [0.15, 0.2) is 0 Å². The van der Waals surface area contributed by atoms with Gasteiger partial charge in [0, 0.05) is 18.8 Å². The Balaban J connectivity index is 2.30. The van der Waals surface area contributed by atoms with Gasteiger partial charge in [-0.2, -0.15) is 5.10 Å². The van der Waals surface area contributed by atoms with Crippen molar-refractivity contribution in [1.29, 1.82) is 0 Å². The third-order valence-electron chi connectivity index (χ3n) is 2.42. The molecule has 0 saturated carbocycles. The van der Waals surface area contributed by atoms with Crippen LogP contribution in [-0.4, -0.2) is 45.9 Å². The first-order valence-corrected chi connectivity index (χ1v) is 5.40. The maximum Gasteiger partial charge on any atom is 0.317 e. The Hall–Kier alpha value is -1.36. The van der Waals surface area contributed by atoms with Crippen LogP contribution in [0.4, 0.5) is 0 Å². The topological polar surface area (TPSA) is 58.4 Å². The van der Waals surface area contributed by atoms with E-state index in [4.69, 9.17) is 5.11 Å². The van der Waals surface area contributed by atoms with Crippen molar-refractivity contribution >= 4 is 5.97 Å². The Morgan fingerprint density at radius 3 is 2.75 bits per heavy atom. The molecule has 0 radical (unpaired) electrons. The van der Waals surface area contributed by atoms with Crippen LogP contribution in [0.5, 0.6) is 0 Å². The number of carboxylic acids is 1. The molecule has 0 aromatic carbocycles. The van der Waals surface area contributed by atoms with Crippen LogP contribution < -0.4 is 0 Å². The molecule has 5 heteroatoms. The van der Waals surface area contributed by atoms with E-state index in [2.05, 4.69) is 5.10 Å². The largest absolute Gasteiger partial charge is 0.480 e. The summed E-state index contributed by atoms with van der Waals surface area (Å²) < 4.78 is 1.96. The van der Waals surface area contributed by atoms with Gasteiger partial charge in [-0.3, -0.25) is 14.4 Å². The summed E-state index contributed by atoms with van der Waals surface area (Å²) in [5.74, 6) is -0.784. The lowest BCUT2D eigenvalue weighted by molar-refractivity contribution is -0.137. The molecule has 0 saturated heterocycles. The molecule has 1 heterocycles. The fourth-order valence-corrected chi connectivity index (χ4v) is 1.70. The predicted octanol–water partition coefficient (Wildman–Crippen LogP) is 0.906. The maximum atomic E-state index is 10.4. The summed E-state index contributed by atoms with van der Waals surface area (Å²) >= 11 is 0. The quantitative estimate of drug-likeness (QED) is 0.781. The molecule has 0 aliphatic heterocycles. The average molecular weight is 225 g/mol. The fraction of sp³-hybridized carbons (Fsp3) is 0.636. The van der Waals surface area contributed by atoms with E-state index in [1.54, 1.807) is 4.90 Å². The number of nitrogens with zero attached hydrogens (tertiary/aromatic N) is 3. The number of hydrogen-bond donors (Lipinski definition) is 1. The zero-order valence-electron chi connectivity index (χ0n) is 10.1. The van der Waals surface area contributed by atoms with E-state index in [9.17, 15) is 4.79 Å². The lowest BCUT2D eigenvalue weighted by atomic mass is 10.3. The van der Waals surface area contributed by atoms with Gasteiger partial charge in [0.2, 0.25) is 0 Å². The second-order valence-corrected chi connectivity index (χ2v) is 4.14. The Morgan fingerprint density at radius 1 is 1.56 bits per heavy atom. The summed E-state index contributed by atoms with van der Waals surface area (Å²) in [6, 6.07) is 2.04. The Morgan fingerprint density at radius 2 is 2.25 bits per heavy atom. The van der Waals surface area contributed by atoms with Gasteiger partial charge in [-0.1, -0.05) is 0 Å². The van der Waals surface area contributed by atoms with Crippen LogP contribution in [0.25, 0.3) is 0 Å². The van der Waals surface area contributed by atoms with Gasteiger partial charge in [-0.15, -0.1) is 0 Å². The number of aromatic nitrogens is 2. The molecule has 0 aliphatic carbocycles. The number of carboxylic acid groups (broad SMARTS) is 1. The smallest absolute Gasteiger partial charge is 0.317 e. The molecular weight excluding hydrogens is 206 g/mol. The van der Waals surface area contributed by atoms with Crippen molar-refractivity contribution in [2.24, 2.45) is 0 Å². The molecule has 1 rings (SSSR count). The van der Waals surface area contributed by atoms with Crippen molar-refractivity contribution in [1.82, 2.24) is 14.7 Å². The van der Waals surface area contributed by atoms with Gasteiger partial charge in [-0.25, -0.2) is 0 Å². The number of aliphatic carboxylic acids is 1. The summed E-state index contributed by atoms with van der Waals surface area (Å²) in [4.78, 5) is 12.2. The maximum absolute atomic E-state index is 10.4. The second kappa shape index (κ2) is 5.65. The van der Waals surface area contributed by atoms with Crippen LogP contribution in [0, 0.1) is 13.8 Å². The van der Waals surface area contributed by atoms with Gasteiger partial charge in [-0.05, 0) is 33.4 Å². The third kappa shape index (κ3) is 4.02. The molecule has 1 aromatic rings. The van der Waals surface area contributed by atoms with Gasteiger partial charge in [0.25, 0.3) is 0 Å². The normalized spacial score (nSPS) is 11.0. The van der Waals surface area contributed by atoms with Crippen LogP contribution in [0.2, 0.25) is 0 Å². The average Bonchev–Trinajstić information content (AvgIpc) is 2.44. The highest BCUT2D eigenvalue weighted by Gasteiger charge is 2.05. The summed E-state index contributed by atoms with van der Waals surface area (Å²) in [6.07, 6.45) is 0.908. The zero-order chi connectivity index (χ0) is 12.1. The number of aryl methyl sites for hydroxylation is 3. The molecule has 0 unspecified atom stereocenters. The van der Waals surface area contributed by atoms with Crippen LogP contribution in [0.1, 0.15) is 17.8 Å². The van der Waals surface area contributed by atoms with Gasteiger partial charge in [0.05, 0.1) is 12.2 Å². The van der Waals surface area contributed by atoms with E-state index in [0.29, 0.717) is 0 Å². The van der Waals surface area contributed by atoms with E-state index < -0.39 is 5.97 Å². The van der Waals surface area contributed by atoms with E-state index in [1.165, 1.54) is 0 Å². The van der Waals surface area contributed by atoms with Crippen molar-refractivity contribution < 1.29 is 9.90 Å². The molecule has 0 aliphatic rings. The van der Waals surface area contributed by atoms with Gasteiger partial charge in [0.1, 0.15) is 0 Å². The number of hydrogen-bond acceptors (Lipinski definition) is 3. The summed E-state index contributed by atoms with van der Waals surface area (Å²) in [5, 5.41) is 12.9. The second-order valence-electron chi connectivity index (χ2n) is 4.14. The predicted molar refractivity (Wildman–Crippen MR) is 61.5 cm³/mol. The zero-order valence-corrected chi connectivity index (χ0v) is 10.1. The van der Waals surface area contributed by atoms with Crippen LogP contribution in [0.3, 0.4) is 0 Å². The number of rotatable bonds is 6. The third-order valence-corrected chi connectivity index (χ3v) is 2.42. The Bertz CT molecular complexity index is 360. The molecule has 16 heavy (non-hydrogen) atoms. The SMILES string of the molecule is Cc1cc(C)n(CCCN(C)CC(=O)O)n1. The van der Waals surface area contributed by atoms with Crippen molar-refractivity contribution in [3.8, 4) is 0 Å². The molecule has 1 aromatic heterocycles. The first-order valence-electron chi connectivity index (χ1n) is 5.40. The first-order chi connectivity index (χ1) is 7.49. The first kappa shape index (κ1) is 12.7. The molecule has 1 N–H and O–H groups in total. The van der Waals surface area contributed by atoms with Gasteiger partial charge >= 0.3 is 5.97 Å². The summed E-state index contributed by atoms with van der Waals surface area (Å²) in [6.45, 7) is 5.70. The lowest BCUT2D eigenvalue weighted by Crippen LogP contribution is -2.27. The Labute approximate surface area is 95.7 Å². The molecule has 0 spiro atoms. The highest BCUT2D eigenvalue weighted by molar-refractivity contribution is 5.68. The lowest BCUT2D eigenvalue weighted by Gasteiger charge is -2.13. The summed E-state index contributed by atoms with van der Waals surface area (Å²) in [7, 11) is 1.81. The van der Waals surface area contributed by atoms with Crippen LogP contribution >= 0.6 is 0 Å². The molecular formula is C11H19N3O2. The molecule has 0 atom stereocenters. The molecule has 90 valence electrons. The van der Waals surface area contributed by atoms with Crippen LogP contribution in [0.15, 0.2) is 6.07 Å². The van der Waals surface area contributed by atoms with E-state index >= 15 is 0 Å². The molecule has 0 bridgehead atoms. The van der Waals surface area contributed by atoms with E-state index in [-0.39, 0.29) is 6.54 Å². The molecule has 0 fully saturated rings. The fourth-order valence-electron chi connectivity index (χ4n) is 1.70. The van der Waals surface area contributed by atoms with Crippen molar-refractivity contribution in [2.45, 2.75) is 26.8 Å². The molecule has 5 nitrogen and oxygen atoms in total. The van der Waals surface area contributed by atoms with Crippen LogP contribution in [-0.2, 0) is 11.3 Å². The van der Waals surface area contributed by atoms with E-state index in [1.807, 2.05) is 31.6 Å². The minimum Gasteiger partial charge on any atom is -0.480 e. The molecule has 0 amide bonds. The van der Waals surface area contributed by atoms with E-state index in [0.717, 1.165) is 30.9 Å². The highest BCUT2D eigenvalue weighted by Crippen LogP contribution is 2.02. The van der Waals surface area contributed by atoms with Crippen molar-refractivity contribution in [3.05, 3.63) is 17.5 Å².